The highest BCUT2D eigenvalue weighted by Crippen LogP contribution is 2.36. The third-order valence-electron chi connectivity index (χ3n) is 4.50. The van der Waals surface area contributed by atoms with Crippen LogP contribution < -0.4 is 10.3 Å². The summed E-state index contributed by atoms with van der Waals surface area (Å²) in [5.74, 6) is 0.503. The second-order valence-electron chi connectivity index (χ2n) is 6.96. The van der Waals surface area contributed by atoms with E-state index in [1.165, 1.54) is 23.0 Å². The molecule has 1 fully saturated rings. The molecule has 0 aliphatic heterocycles. The first-order chi connectivity index (χ1) is 12.3. The lowest BCUT2D eigenvalue weighted by Gasteiger charge is -2.12. The molecule has 0 unspecified atom stereocenters. The molecule has 0 atom stereocenters. The van der Waals surface area contributed by atoms with Gasteiger partial charge in [-0.05, 0) is 38.8 Å². The summed E-state index contributed by atoms with van der Waals surface area (Å²) in [5, 5.41) is 8.78. The minimum Gasteiger partial charge on any atom is -0.359 e. The van der Waals surface area contributed by atoms with Crippen molar-refractivity contribution in [3.63, 3.8) is 0 Å². The Morgan fingerprint density at radius 3 is 2.73 bits per heavy atom. The van der Waals surface area contributed by atoms with Gasteiger partial charge in [0.05, 0.1) is 22.2 Å². The maximum Gasteiger partial charge on any atom is 0.275 e. The Morgan fingerprint density at radius 1 is 1.31 bits per heavy atom. The molecule has 2 aromatic heterocycles. The summed E-state index contributed by atoms with van der Waals surface area (Å²) in [6.07, 6.45) is 3.16. The maximum atomic E-state index is 12.7. The van der Waals surface area contributed by atoms with Gasteiger partial charge in [-0.25, -0.2) is 17.8 Å². The molecule has 1 aliphatic rings. The predicted molar refractivity (Wildman–Crippen MR) is 94.3 cm³/mol. The van der Waals surface area contributed by atoms with E-state index < -0.39 is 10.0 Å². The Bertz CT molecular complexity index is 1160. The molecule has 1 saturated carbocycles. The largest absolute Gasteiger partial charge is 0.359 e. The first-order valence-corrected chi connectivity index (χ1v) is 9.70. The van der Waals surface area contributed by atoms with Gasteiger partial charge >= 0.3 is 0 Å². The Labute approximate surface area is 149 Å². The smallest absolute Gasteiger partial charge is 0.275 e. The average Bonchev–Trinajstić information content (AvgIpc) is 3.15. The van der Waals surface area contributed by atoms with Gasteiger partial charge in [0.15, 0.2) is 5.76 Å². The van der Waals surface area contributed by atoms with Gasteiger partial charge in [-0.3, -0.25) is 4.79 Å². The predicted octanol–water partition coefficient (Wildman–Crippen LogP) is 1.57. The number of aromatic nitrogens is 3. The number of aryl methyl sites for hydroxylation is 1. The Kier molecular flexibility index (Phi) is 3.74. The zero-order valence-electron chi connectivity index (χ0n) is 14.4. The molecule has 1 aliphatic carbocycles. The van der Waals surface area contributed by atoms with Crippen LogP contribution in [0.3, 0.4) is 0 Å². The monoisotopic (exact) mass is 374 g/mol. The summed E-state index contributed by atoms with van der Waals surface area (Å²) in [5.41, 5.74) is -0.0516. The van der Waals surface area contributed by atoms with E-state index in [-0.39, 0.29) is 22.5 Å². The lowest BCUT2D eigenvalue weighted by Crippen LogP contribution is -2.34. The second kappa shape index (κ2) is 5.75. The molecule has 136 valence electrons. The van der Waals surface area contributed by atoms with Crippen molar-refractivity contribution in [2.45, 2.75) is 43.7 Å². The normalized spacial score (nSPS) is 16.1. The van der Waals surface area contributed by atoms with Crippen molar-refractivity contribution >= 4 is 20.8 Å². The van der Waals surface area contributed by atoms with Crippen molar-refractivity contribution < 1.29 is 12.9 Å². The van der Waals surface area contributed by atoms with Crippen LogP contribution in [-0.4, -0.2) is 28.9 Å². The van der Waals surface area contributed by atoms with Gasteiger partial charge in [-0.15, -0.1) is 0 Å². The van der Waals surface area contributed by atoms with Crippen LogP contribution in [0.25, 0.3) is 10.8 Å². The second-order valence-corrected chi connectivity index (χ2v) is 8.64. The minimum absolute atomic E-state index is 0.0727. The molecule has 0 saturated heterocycles. The summed E-state index contributed by atoms with van der Waals surface area (Å²) in [6.45, 7) is 3.78. The van der Waals surface area contributed by atoms with Crippen LogP contribution in [0.15, 0.2) is 44.7 Å². The molecule has 0 amide bonds. The van der Waals surface area contributed by atoms with Crippen LogP contribution in [0.1, 0.15) is 31.2 Å². The van der Waals surface area contributed by atoms with E-state index in [4.69, 9.17) is 4.52 Å². The Balaban J connectivity index is 1.74. The van der Waals surface area contributed by atoms with Gasteiger partial charge in [0.25, 0.3) is 5.56 Å². The highest BCUT2D eigenvalue weighted by molar-refractivity contribution is 7.89. The molecule has 4 rings (SSSR count). The van der Waals surface area contributed by atoms with Crippen LogP contribution in [0.2, 0.25) is 0 Å². The molecule has 1 N–H and O–H groups in total. The number of nitrogens with zero attached hydrogens (tertiary/aromatic N) is 3. The summed E-state index contributed by atoms with van der Waals surface area (Å²) in [6, 6.07) is 6.20. The Hall–Kier alpha value is -2.52. The topological polar surface area (TPSA) is 107 Å². The lowest BCUT2D eigenvalue weighted by atomic mass is 10.2. The molecule has 9 heteroatoms. The number of hydrogen-bond donors (Lipinski definition) is 1. The Morgan fingerprint density at radius 2 is 2.08 bits per heavy atom. The first kappa shape index (κ1) is 16.9. The third-order valence-corrected chi connectivity index (χ3v) is 6.14. The highest BCUT2D eigenvalue weighted by Gasteiger charge is 2.41. The van der Waals surface area contributed by atoms with Crippen molar-refractivity contribution in [1.29, 1.82) is 0 Å². The van der Waals surface area contributed by atoms with Crippen LogP contribution in [-0.2, 0) is 16.6 Å². The molecular formula is C17H18N4O4S. The van der Waals surface area contributed by atoms with Crippen LogP contribution in [0.4, 0.5) is 0 Å². The quantitative estimate of drug-likeness (QED) is 0.726. The SMILES string of the molecule is Cc1cc(Cn2ncc3ccc(S(=O)(=O)NC4(C)CC4)cc3c2=O)on1. The number of nitrogens with one attached hydrogen (secondary N) is 1. The van der Waals surface area contributed by atoms with E-state index in [0.717, 1.165) is 12.8 Å². The van der Waals surface area contributed by atoms with Crippen molar-refractivity contribution in [1.82, 2.24) is 19.7 Å². The highest BCUT2D eigenvalue weighted by atomic mass is 32.2. The van der Waals surface area contributed by atoms with E-state index in [2.05, 4.69) is 15.0 Å². The standard InChI is InChI=1S/C17H18N4O4S/c1-11-7-13(25-19-11)10-21-16(22)15-8-14(4-3-12(15)9-18-21)26(23,24)20-17(2)5-6-17/h3-4,7-9,20H,5-6,10H2,1-2H3. The number of fused-ring (bicyclic) bond motifs is 1. The first-order valence-electron chi connectivity index (χ1n) is 8.22. The zero-order valence-corrected chi connectivity index (χ0v) is 15.2. The zero-order chi connectivity index (χ0) is 18.5. The summed E-state index contributed by atoms with van der Waals surface area (Å²) < 4.78 is 34.2. The van der Waals surface area contributed by atoms with Gasteiger partial charge in [-0.2, -0.15) is 5.10 Å². The van der Waals surface area contributed by atoms with E-state index in [0.29, 0.717) is 22.2 Å². The molecule has 8 nitrogen and oxygen atoms in total. The summed E-state index contributed by atoms with van der Waals surface area (Å²) >= 11 is 0. The van der Waals surface area contributed by atoms with Gasteiger partial charge in [0, 0.05) is 17.0 Å². The van der Waals surface area contributed by atoms with Crippen molar-refractivity contribution in [3.05, 3.63) is 52.3 Å². The van der Waals surface area contributed by atoms with Gasteiger partial charge in [0.1, 0.15) is 6.54 Å². The molecular weight excluding hydrogens is 356 g/mol. The molecule has 0 bridgehead atoms. The van der Waals surface area contributed by atoms with Gasteiger partial charge in [0.2, 0.25) is 10.0 Å². The molecule has 2 heterocycles. The molecule has 3 aromatic rings. The van der Waals surface area contributed by atoms with Crippen molar-refractivity contribution in [3.8, 4) is 0 Å². The fourth-order valence-corrected chi connectivity index (χ4v) is 4.24. The van der Waals surface area contributed by atoms with Crippen LogP contribution >= 0.6 is 0 Å². The number of hydrogen-bond acceptors (Lipinski definition) is 6. The fourth-order valence-electron chi connectivity index (χ4n) is 2.75. The molecule has 0 spiro atoms. The van der Waals surface area contributed by atoms with Crippen LogP contribution in [0.5, 0.6) is 0 Å². The van der Waals surface area contributed by atoms with Crippen molar-refractivity contribution in [2.24, 2.45) is 0 Å². The van der Waals surface area contributed by atoms with Crippen molar-refractivity contribution in [2.75, 3.05) is 0 Å². The van der Waals surface area contributed by atoms with Crippen LogP contribution in [0, 0.1) is 6.92 Å². The number of sulfonamides is 1. The summed E-state index contributed by atoms with van der Waals surface area (Å²) in [7, 11) is -3.68. The van der Waals surface area contributed by atoms with Gasteiger partial charge in [-0.1, -0.05) is 11.2 Å². The fraction of sp³-hybridized carbons (Fsp3) is 0.353. The van der Waals surface area contributed by atoms with Gasteiger partial charge < -0.3 is 4.52 Å². The lowest BCUT2D eigenvalue weighted by molar-refractivity contribution is 0.366. The number of benzene rings is 1. The molecule has 0 radical (unpaired) electrons. The number of rotatable bonds is 5. The van der Waals surface area contributed by atoms with E-state index in [9.17, 15) is 13.2 Å². The summed E-state index contributed by atoms with van der Waals surface area (Å²) in [4.78, 5) is 12.8. The molecule has 1 aromatic carbocycles. The molecule has 26 heavy (non-hydrogen) atoms. The maximum absolute atomic E-state index is 12.7. The van der Waals surface area contributed by atoms with E-state index in [1.54, 1.807) is 19.1 Å². The van der Waals surface area contributed by atoms with E-state index in [1.807, 2.05) is 6.92 Å². The average molecular weight is 374 g/mol. The third kappa shape index (κ3) is 3.15. The van der Waals surface area contributed by atoms with E-state index >= 15 is 0 Å². The minimum atomic E-state index is -3.68.